The number of sulfonamides is 1. The van der Waals surface area contributed by atoms with Crippen LogP contribution in [0.25, 0.3) is 0 Å². The fourth-order valence-electron chi connectivity index (χ4n) is 1.62. The van der Waals surface area contributed by atoms with Crippen LogP contribution in [-0.2, 0) is 14.9 Å². The molecule has 1 aromatic carbocycles. The van der Waals surface area contributed by atoms with Gasteiger partial charge < -0.3 is 5.73 Å². The smallest absolute Gasteiger partial charge is 0.266 e. The lowest BCUT2D eigenvalue weighted by Crippen LogP contribution is -2.36. The first kappa shape index (κ1) is 13.7. The van der Waals surface area contributed by atoms with Crippen molar-refractivity contribution in [2.24, 2.45) is 0 Å². The summed E-state index contributed by atoms with van der Waals surface area (Å²) in [6.45, 7) is 0.638. The lowest BCUT2D eigenvalue weighted by molar-refractivity contribution is -0.108. The molecule has 1 aliphatic heterocycles. The molecule has 0 bridgehead atoms. The van der Waals surface area contributed by atoms with Crippen molar-refractivity contribution < 1.29 is 17.6 Å². The Balaban J connectivity index is 2.43. The lowest BCUT2D eigenvalue weighted by Gasteiger charge is -2.25. The van der Waals surface area contributed by atoms with Crippen LogP contribution < -0.4 is 5.73 Å². The summed E-state index contributed by atoms with van der Waals surface area (Å²) in [4.78, 5) is 5.02. The van der Waals surface area contributed by atoms with E-state index in [0.717, 1.165) is 29.4 Å². The van der Waals surface area contributed by atoms with Gasteiger partial charge >= 0.3 is 0 Å². The summed E-state index contributed by atoms with van der Waals surface area (Å²) in [5.74, 6) is -0.666. The molecule has 18 heavy (non-hydrogen) atoms. The van der Waals surface area contributed by atoms with Gasteiger partial charge in [0.2, 0.25) is 0 Å². The molecule has 5 nitrogen and oxygen atoms in total. The monoisotopic (exact) mass is 338 g/mol. The van der Waals surface area contributed by atoms with E-state index in [2.05, 4.69) is 15.9 Å². The highest BCUT2D eigenvalue weighted by Gasteiger charge is 2.30. The van der Waals surface area contributed by atoms with Gasteiger partial charge in [0.05, 0.1) is 12.3 Å². The van der Waals surface area contributed by atoms with Gasteiger partial charge in [-0.15, -0.1) is 0 Å². The number of hydrogen-bond donors (Lipinski definition) is 1. The minimum absolute atomic E-state index is 0.0942. The molecule has 100 valence electrons. The Kier molecular flexibility index (Phi) is 3.90. The molecule has 0 saturated carbocycles. The number of nitrogens with two attached hydrogens (primary N) is 1. The quantitative estimate of drug-likeness (QED) is 0.835. The van der Waals surface area contributed by atoms with E-state index in [4.69, 9.17) is 10.6 Å². The van der Waals surface area contributed by atoms with Crippen molar-refractivity contribution in [2.75, 3.05) is 18.9 Å². The third kappa shape index (κ3) is 2.51. The second kappa shape index (κ2) is 5.12. The molecule has 0 aliphatic carbocycles. The Morgan fingerprint density at radius 2 is 2.11 bits per heavy atom. The zero-order valence-corrected chi connectivity index (χ0v) is 11.8. The van der Waals surface area contributed by atoms with Crippen molar-refractivity contribution in [3.05, 3.63) is 22.4 Å². The highest BCUT2D eigenvalue weighted by molar-refractivity contribution is 9.10. The van der Waals surface area contributed by atoms with Gasteiger partial charge in [0.15, 0.2) is 0 Å². The fourth-order valence-corrected chi connectivity index (χ4v) is 3.93. The van der Waals surface area contributed by atoms with Crippen molar-refractivity contribution in [3.8, 4) is 0 Å². The molecular formula is C10H12BrFN2O3S. The molecule has 8 heteroatoms. The average molecular weight is 339 g/mol. The van der Waals surface area contributed by atoms with Gasteiger partial charge in [-0.25, -0.2) is 12.8 Å². The third-order valence-corrected chi connectivity index (χ3v) is 5.20. The second-order valence-electron chi connectivity index (χ2n) is 3.88. The molecule has 0 unspecified atom stereocenters. The normalized spacial score (nSPS) is 17.9. The Morgan fingerprint density at radius 3 is 2.72 bits per heavy atom. The summed E-state index contributed by atoms with van der Waals surface area (Å²) in [5.41, 5.74) is 5.18. The number of hydroxylamine groups is 1. The SMILES string of the molecule is Nc1cc(S(=O)(=O)N2CCCCO2)c(Br)cc1F. The summed E-state index contributed by atoms with van der Waals surface area (Å²) in [5, 5.41) is 0. The Bertz CT molecular complexity index is 558. The number of rotatable bonds is 2. The van der Waals surface area contributed by atoms with E-state index in [9.17, 15) is 12.8 Å². The van der Waals surface area contributed by atoms with Crippen LogP contribution in [0, 0.1) is 5.82 Å². The summed E-state index contributed by atoms with van der Waals surface area (Å²) in [6, 6.07) is 2.12. The maximum absolute atomic E-state index is 13.2. The molecule has 0 amide bonds. The fraction of sp³-hybridized carbons (Fsp3) is 0.400. The Labute approximate surface area is 113 Å². The number of anilines is 1. The largest absolute Gasteiger partial charge is 0.396 e. The van der Waals surface area contributed by atoms with Crippen molar-refractivity contribution >= 4 is 31.6 Å². The van der Waals surface area contributed by atoms with E-state index in [1.54, 1.807) is 0 Å². The number of nitrogens with zero attached hydrogens (tertiary/aromatic N) is 1. The molecule has 1 aromatic rings. The molecule has 1 saturated heterocycles. The van der Waals surface area contributed by atoms with E-state index in [1.807, 2.05) is 0 Å². The molecule has 2 N–H and O–H groups in total. The minimum atomic E-state index is -3.81. The predicted molar refractivity (Wildman–Crippen MR) is 67.6 cm³/mol. The predicted octanol–water partition coefficient (Wildman–Crippen LogP) is 1.89. The molecular weight excluding hydrogens is 327 g/mol. The topological polar surface area (TPSA) is 72.6 Å². The van der Waals surface area contributed by atoms with Crippen LogP contribution in [0.5, 0.6) is 0 Å². The van der Waals surface area contributed by atoms with Gasteiger partial charge in [-0.2, -0.15) is 0 Å². The maximum atomic E-state index is 13.2. The van der Waals surface area contributed by atoms with Crippen molar-refractivity contribution in [1.29, 1.82) is 0 Å². The van der Waals surface area contributed by atoms with Crippen LogP contribution in [0.1, 0.15) is 12.8 Å². The van der Waals surface area contributed by atoms with Crippen molar-refractivity contribution in [1.82, 2.24) is 4.47 Å². The second-order valence-corrected chi connectivity index (χ2v) is 6.53. The molecule has 0 aromatic heterocycles. The van der Waals surface area contributed by atoms with Crippen LogP contribution in [-0.4, -0.2) is 26.0 Å². The number of benzene rings is 1. The lowest BCUT2D eigenvalue weighted by atomic mass is 10.3. The first-order valence-corrected chi connectivity index (χ1v) is 7.56. The van der Waals surface area contributed by atoms with Crippen LogP contribution in [0.15, 0.2) is 21.5 Å². The van der Waals surface area contributed by atoms with Crippen molar-refractivity contribution in [3.63, 3.8) is 0 Å². The maximum Gasteiger partial charge on any atom is 0.266 e. The molecule has 1 aliphatic rings. The van der Waals surface area contributed by atoms with E-state index in [0.29, 0.717) is 6.61 Å². The molecule has 0 atom stereocenters. The van der Waals surface area contributed by atoms with Gasteiger partial charge in [-0.1, -0.05) is 4.47 Å². The minimum Gasteiger partial charge on any atom is -0.396 e. The van der Waals surface area contributed by atoms with Gasteiger partial charge in [0, 0.05) is 11.0 Å². The molecule has 2 rings (SSSR count). The standard InChI is InChI=1S/C10H12BrFN2O3S/c11-7-5-8(12)9(13)6-10(7)18(15,16)14-3-1-2-4-17-14/h5-6H,1-4,13H2. The zero-order valence-electron chi connectivity index (χ0n) is 9.40. The molecule has 1 heterocycles. The molecule has 0 radical (unpaired) electrons. The highest BCUT2D eigenvalue weighted by Crippen LogP contribution is 2.30. The van der Waals surface area contributed by atoms with E-state index < -0.39 is 15.8 Å². The van der Waals surface area contributed by atoms with Gasteiger partial charge in [0.1, 0.15) is 10.7 Å². The summed E-state index contributed by atoms with van der Waals surface area (Å²) < 4.78 is 38.8. The summed E-state index contributed by atoms with van der Waals surface area (Å²) in [6.07, 6.45) is 1.55. The van der Waals surface area contributed by atoms with Gasteiger partial charge in [-0.3, -0.25) is 4.84 Å². The van der Waals surface area contributed by atoms with Crippen LogP contribution >= 0.6 is 15.9 Å². The van der Waals surface area contributed by atoms with Gasteiger partial charge in [0.25, 0.3) is 10.0 Å². The van der Waals surface area contributed by atoms with Crippen LogP contribution in [0.4, 0.5) is 10.1 Å². The third-order valence-electron chi connectivity index (χ3n) is 2.57. The Morgan fingerprint density at radius 1 is 1.39 bits per heavy atom. The summed E-state index contributed by atoms with van der Waals surface area (Å²) in [7, 11) is -3.81. The highest BCUT2D eigenvalue weighted by atomic mass is 79.9. The summed E-state index contributed by atoms with van der Waals surface area (Å²) >= 11 is 3.03. The van der Waals surface area contributed by atoms with Crippen LogP contribution in [0.3, 0.4) is 0 Å². The number of hydrogen-bond acceptors (Lipinski definition) is 4. The first-order chi connectivity index (χ1) is 8.43. The molecule has 1 fully saturated rings. The zero-order chi connectivity index (χ0) is 13.3. The van der Waals surface area contributed by atoms with Crippen molar-refractivity contribution in [2.45, 2.75) is 17.7 Å². The van der Waals surface area contributed by atoms with E-state index in [1.165, 1.54) is 0 Å². The van der Waals surface area contributed by atoms with Crippen LogP contribution in [0.2, 0.25) is 0 Å². The molecule has 0 spiro atoms. The van der Waals surface area contributed by atoms with E-state index >= 15 is 0 Å². The number of halogens is 2. The number of nitrogen functional groups attached to an aromatic ring is 1. The average Bonchev–Trinajstić information content (AvgIpc) is 2.34. The Hall–Kier alpha value is -0.700. The van der Waals surface area contributed by atoms with E-state index in [-0.39, 0.29) is 21.6 Å². The first-order valence-electron chi connectivity index (χ1n) is 5.33. The van der Waals surface area contributed by atoms with Gasteiger partial charge in [-0.05, 0) is 40.9 Å².